The minimum atomic E-state index is -0.0549. The van der Waals surface area contributed by atoms with Gasteiger partial charge in [-0.1, -0.05) is 39.3 Å². The number of aromatic nitrogens is 1. The summed E-state index contributed by atoms with van der Waals surface area (Å²) >= 11 is 3.42. The summed E-state index contributed by atoms with van der Waals surface area (Å²) in [5.41, 5.74) is 3.40. The first-order valence-corrected chi connectivity index (χ1v) is 9.38. The molecule has 1 heterocycles. The van der Waals surface area contributed by atoms with E-state index in [1.165, 1.54) is 0 Å². The van der Waals surface area contributed by atoms with Crippen LogP contribution in [-0.2, 0) is 13.2 Å². The topological polar surface area (TPSA) is 55.6 Å². The van der Waals surface area contributed by atoms with Crippen LogP contribution in [0.4, 0.5) is 0 Å². The number of hydrogen-bond donors (Lipinski definition) is 0. The van der Waals surface area contributed by atoms with Crippen LogP contribution in [0.3, 0.4) is 0 Å². The number of benzene rings is 2. The van der Waals surface area contributed by atoms with E-state index in [2.05, 4.69) is 21.1 Å². The lowest BCUT2D eigenvalue weighted by molar-refractivity contribution is 0.0784. The highest BCUT2D eigenvalue weighted by Crippen LogP contribution is 2.20. The molecule has 3 aromatic rings. The van der Waals surface area contributed by atoms with E-state index >= 15 is 0 Å². The summed E-state index contributed by atoms with van der Waals surface area (Å²) in [4.78, 5) is 14.4. The second kappa shape index (κ2) is 8.39. The molecule has 0 aliphatic carbocycles. The van der Waals surface area contributed by atoms with Gasteiger partial charge in [0.2, 0.25) is 0 Å². The van der Waals surface area contributed by atoms with Gasteiger partial charge in [0.15, 0.2) is 0 Å². The third-order valence-electron chi connectivity index (χ3n) is 4.33. The average molecular weight is 429 g/mol. The quantitative estimate of drug-likeness (QED) is 0.559. The van der Waals surface area contributed by atoms with Gasteiger partial charge in [0.25, 0.3) is 5.91 Å². The summed E-state index contributed by atoms with van der Waals surface area (Å²) in [6.07, 6.45) is 0. The molecule has 1 aromatic heterocycles. The number of aryl methyl sites for hydroxylation is 2. The van der Waals surface area contributed by atoms with Crippen LogP contribution in [0.5, 0.6) is 5.75 Å². The van der Waals surface area contributed by atoms with Gasteiger partial charge in [-0.25, -0.2) is 0 Å². The van der Waals surface area contributed by atoms with Gasteiger partial charge in [0.05, 0.1) is 11.3 Å². The van der Waals surface area contributed by atoms with E-state index in [0.29, 0.717) is 24.5 Å². The molecule has 3 rings (SSSR count). The van der Waals surface area contributed by atoms with E-state index in [0.717, 1.165) is 27.1 Å². The largest absolute Gasteiger partial charge is 0.489 e. The maximum absolute atomic E-state index is 12.7. The van der Waals surface area contributed by atoms with E-state index in [9.17, 15) is 4.79 Å². The van der Waals surface area contributed by atoms with Crippen molar-refractivity contribution in [3.05, 3.63) is 81.1 Å². The Morgan fingerprint density at radius 3 is 2.59 bits per heavy atom. The third-order valence-corrected chi connectivity index (χ3v) is 4.85. The van der Waals surface area contributed by atoms with Crippen LogP contribution >= 0.6 is 15.9 Å². The van der Waals surface area contributed by atoms with Gasteiger partial charge in [0.1, 0.15) is 18.1 Å². The van der Waals surface area contributed by atoms with Crippen LogP contribution in [0.15, 0.2) is 57.5 Å². The molecule has 2 aromatic carbocycles. The predicted octanol–water partition coefficient (Wildman–Crippen LogP) is 4.91. The second-order valence-electron chi connectivity index (χ2n) is 6.41. The first-order chi connectivity index (χ1) is 12.9. The van der Waals surface area contributed by atoms with Crippen molar-refractivity contribution < 1.29 is 14.1 Å². The normalized spacial score (nSPS) is 10.7. The highest BCUT2D eigenvalue weighted by Gasteiger charge is 2.14. The standard InChI is InChI=1S/C21H21BrN2O3/c1-14-20(15(2)27-23-14)13-26-19-6-4-5-17(11-19)21(25)24(3)12-16-7-9-18(22)10-8-16/h4-11H,12-13H2,1-3H3. The minimum Gasteiger partial charge on any atom is -0.489 e. The average Bonchev–Trinajstić information content (AvgIpc) is 2.99. The molecule has 0 aliphatic heterocycles. The number of nitrogens with zero attached hydrogens (tertiary/aromatic N) is 2. The van der Waals surface area contributed by atoms with E-state index < -0.39 is 0 Å². The smallest absolute Gasteiger partial charge is 0.254 e. The lowest BCUT2D eigenvalue weighted by atomic mass is 10.1. The molecule has 0 radical (unpaired) electrons. The van der Waals surface area contributed by atoms with Crippen molar-refractivity contribution in [1.29, 1.82) is 0 Å². The molecule has 0 bridgehead atoms. The molecule has 0 aliphatic rings. The highest BCUT2D eigenvalue weighted by atomic mass is 79.9. The zero-order valence-electron chi connectivity index (χ0n) is 15.5. The minimum absolute atomic E-state index is 0.0549. The number of rotatable bonds is 6. The number of halogens is 1. The Hall–Kier alpha value is -2.60. The van der Waals surface area contributed by atoms with E-state index in [1.54, 1.807) is 24.1 Å². The summed E-state index contributed by atoms with van der Waals surface area (Å²) in [6, 6.07) is 15.1. The molecule has 0 unspecified atom stereocenters. The fraction of sp³-hybridized carbons (Fsp3) is 0.238. The Labute approximate surface area is 167 Å². The third kappa shape index (κ3) is 4.77. The molecular weight excluding hydrogens is 408 g/mol. The van der Waals surface area contributed by atoms with Crippen molar-refractivity contribution in [3.8, 4) is 5.75 Å². The summed E-state index contributed by atoms with van der Waals surface area (Å²) in [7, 11) is 1.79. The Morgan fingerprint density at radius 2 is 1.93 bits per heavy atom. The van der Waals surface area contributed by atoms with Crippen LogP contribution in [0.25, 0.3) is 0 Å². The maximum Gasteiger partial charge on any atom is 0.254 e. The van der Waals surface area contributed by atoms with Gasteiger partial charge in [-0.2, -0.15) is 0 Å². The van der Waals surface area contributed by atoms with E-state index in [4.69, 9.17) is 9.26 Å². The van der Waals surface area contributed by atoms with Crippen LogP contribution in [-0.4, -0.2) is 23.0 Å². The van der Waals surface area contributed by atoms with Crippen molar-refractivity contribution in [3.63, 3.8) is 0 Å². The Bertz CT molecular complexity index is 915. The fourth-order valence-electron chi connectivity index (χ4n) is 2.74. The van der Waals surface area contributed by atoms with Crippen molar-refractivity contribution in [2.75, 3.05) is 7.05 Å². The van der Waals surface area contributed by atoms with Crippen LogP contribution in [0, 0.1) is 13.8 Å². The second-order valence-corrected chi connectivity index (χ2v) is 7.32. The van der Waals surface area contributed by atoms with E-state index in [-0.39, 0.29) is 5.91 Å². The zero-order valence-corrected chi connectivity index (χ0v) is 17.1. The first kappa shape index (κ1) is 19.2. The molecule has 0 N–H and O–H groups in total. The number of carbonyl (C=O) groups excluding carboxylic acids is 1. The Morgan fingerprint density at radius 1 is 1.19 bits per heavy atom. The molecular formula is C21H21BrN2O3. The number of carbonyl (C=O) groups is 1. The van der Waals surface area contributed by atoms with Crippen LogP contribution in [0.2, 0.25) is 0 Å². The molecule has 0 spiro atoms. The fourth-order valence-corrected chi connectivity index (χ4v) is 3.00. The summed E-state index contributed by atoms with van der Waals surface area (Å²) in [6.45, 7) is 4.63. The summed E-state index contributed by atoms with van der Waals surface area (Å²) in [5, 5.41) is 3.92. The molecule has 27 heavy (non-hydrogen) atoms. The van der Waals surface area contributed by atoms with Crippen LogP contribution < -0.4 is 4.74 Å². The van der Waals surface area contributed by atoms with Crippen molar-refractivity contribution >= 4 is 21.8 Å². The van der Waals surface area contributed by atoms with Gasteiger partial charge >= 0.3 is 0 Å². The number of amides is 1. The Balaban J connectivity index is 1.66. The SMILES string of the molecule is Cc1noc(C)c1COc1cccc(C(=O)N(C)Cc2ccc(Br)cc2)c1. The van der Waals surface area contributed by atoms with Gasteiger partial charge < -0.3 is 14.2 Å². The van der Waals surface area contributed by atoms with Gasteiger partial charge in [-0.15, -0.1) is 0 Å². The molecule has 140 valence electrons. The maximum atomic E-state index is 12.7. The zero-order chi connectivity index (χ0) is 19.4. The van der Waals surface area contributed by atoms with Gasteiger partial charge in [-0.05, 0) is 49.7 Å². The molecule has 1 amide bonds. The lowest BCUT2D eigenvalue weighted by Gasteiger charge is -2.18. The Kier molecular flexibility index (Phi) is 5.96. The highest BCUT2D eigenvalue weighted by molar-refractivity contribution is 9.10. The van der Waals surface area contributed by atoms with Gasteiger partial charge in [0, 0.05) is 23.6 Å². The van der Waals surface area contributed by atoms with Crippen molar-refractivity contribution in [2.45, 2.75) is 27.0 Å². The van der Waals surface area contributed by atoms with Crippen LogP contribution in [0.1, 0.15) is 32.9 Å². The molecule has 0 atom stereocenters. The molecule has 0 fully saturated rings. The molecule has 0 saturated heterocycles. The molecule has 0 saturated carbocycles. The summed E-state index contributed by atoms with van der Waals surface area (Å²) in [5.74, 6) is 1.33. The monoisotopic (exact) mass is 428 g/mol. The van der Waals surface area contributed by atoms with Gasteiger partial charge in [-0.3, -0.25) is 4.79 Å². The molecule has 5 nitrogen and oxygen atoms in total. The predicted molar refractivity (Wildman–Crippen MR) is 107 cm³/mol. The number of hydrogen-bond acceptors (Lipinski definition) is 4. The summed E-state index contributed by atoms with van der Waals surface area (Å²) < 4.78 is 12.0. The van der Waals surface area contributed by atoms with Crippen molar-refractivity contribution in [2.24, 2.45) is 0 Å². The lowest BCUT2D eigenvalue weighted by Crippen LogP contribution is -2.26. The molecule has 6 heteroatoms. The van der Waals surface area contributed by atoms with E-state index in [1.807, 2.05) is 50.2 Å². The number of ether oxygens (including phenoxy) is 1. The first-order valence-electron chi connectivity index (χ1n) is 8.58. The van der Waals surface area contributed by atoms with Crippen molar-refractivity contribution in [1.82, 2.24) is 10.1 Å².